The number of aliphatic hydroxyl groups excluding tert-OH is 1. The van der Waals surface area contributed by atoms with Crippen LogP contribution in [0, 0.1) is 6.92 Å². The maximum atomic E-state index is 11.9. The predicted molar refractivity (Wildman–Crippen MR) is 81.3 cm³/mol. The number of thiophene rings is 1. The first-order chi connectivity index (χ1) is 9.49. The molecule has 0 aliphatic rings. The first-order valence-corrected chi connectivity index (χ1v) is 7.20. The van der Waals surface area contributed by atoms with E-state index in [9.17, 15) is 9.90 Å². The Bertz CT molecular complexity index is 841. The van der Waals surface area contributed by atoms with Gasteiger partial charge in [-0.15, -0.1) is 11.3 Å². The smallest absolute Gasteiger partial charge is 0.328 e. The molecule has 20 heavy (non-hydrogen) atoms. The van der Waals surface area contributed by atoms with E-state index in [2.05, 4.69) is 0 Å². The quantitative estimate of drug-likeness (QED) is 0.786. The zero-order valence-corrected chi connectivity index (χ0v) is 12.4. The van der Waals surface area contributed by atoms with Crippen molar-refractivity contribution < 1.29 is 5.11 Å². The summed E-state index contributed by atoms with van der Waals surface area (Å²) in [6.45, 7) is 2.02. The summed E-state index contributed by atoms with van der Waals surface area (Å²) < 4.78 is 3.21. The van der Waals surface area contributed by atoms with Gasteiger partial charge in [0.2, 0.25) is 0 Å². The number of benzene rings is 1. The van der Waals surface area contributed by atoms with Crippen LogP contribution in [-0.4, -0.2) is 14.2 Å². The second-order valence-electron chi connectivity index (χ2n) is 5.00. The minimum Gasteiger partial charge on any atom is -0.383 e. The first kappa shape index (κ1) is 13.1. The van der Waals surface area contributed by atoms with E-state index in [1.165, 1.54) is 4.88 Å². The molecular formula is C15H16N2O2S. The Balaban J connectivity index is 2.14. The average molecular weight is 288 g/mol. The molecule has 0 spiro atoms. The number of fused-ring (bicyclic) bond motifs is 1. The molecule has 0 radical (unpaired) electrons. The summed E-state index contributed by atoms with van der Waals surface area (Å²) in [4.78, 5) is 14.0. The normalized spacial score (nSPS) is 13.0. The maximum Gasteiger partial charge on any atom is 0.328 e. The second-order valence-corrected chi connectivity index (χ2v) is 6.32. The summed E-state index contributed by atoms with van der Waals surface area (Å²) in [7, 11) is 3.50. The lowest BCUT2D eigenvalue weighted by Crippen LogP contribution is -2.19. The van der Waals surface area contributed by atoms with Crippen molar-refractivity contribution in [2.45, 2.75) is 13.0 Å². The lowest BCUT2D eigenvalue weighted by Gasteiger charge is -2.09. The molecule has 1 atom stereocenters. The molecule has 1 aromatic carbocycles. The lowest BCUT2D eigenvalue weighted by molar-refractivity contribution is 0.224. The molecule has 2 aromatic heterocycles. The van der Waals surface area contributed by atoms with Crippen molar-refractivity contribution in [3.8, 4) is 0 Å². The Labute approximate surface area is 120 Å². The fraction of sp³-hybridized carbons (Fsp3) is 0.267. The molecular weight excluding hydrogens is 272 g/mol. The highest BCUT2D eigenvalue weighted by Crippen LogP contribution is 2.29. The number of aryl methyl sites for hydroxylation is 3. The summed E-state index contributed by atoms with van der Waals surface area (Å²) >= 11 is 1.58. The predicted octanol–water partition coefficient (Wildman–Crippen LogP) is 2.33. The van der Waals surface area contributed by atoms with E-state index in [4.69, 9.17) is 0 Å². The van der Waals surface area contributed by atoms with Gasteiger partial charge >= 0.3 is 5.69 Å². The van der Waals surface area contributed by atoms with Crippen LogP contribution in [0.4, 0.5) is 0 Å². The van der Waals surface area contributed by atoms with E-state index in [1.54, 1.807) is 34.6 Å². The van der Waals surface area contributed by atoms with E-state index in [1.807, 2.05) is 37.3 Å². The molecule has 2 heterocycles. The molecule has 0 saturated heterocycles. The highest BCUT2D eigenvalue weighted by Gasteiger charge is 2.15. The number of hydrogen-bond acceptors (Lipinski definition) is 3. The Morgan fingerprint density at radius 1 is 1.10 bits per heavy atom. The van der Waals surface area contributed by atoms with E-state index in [0.29, 0.717) is 0 Å². The van der Waals surface area contributed by atoms with Crippen molar-refractivity contribution in [2.75, 3.05) is 0 Å². The van der Waals surface area contributed by atoms with Crippen LogP contribution in [0.15, 0.2) is 35.1 Å². The number of rotatable bonds is 2. The number of imidazole rings is 1. The molecule has 4 nitrogen and oxygen atoms in total. The maximum absolute atomic E-state index is 11.9. The largest absolute Gasteiger partial charge is 0.383 e. The summed E-state index contributed by atoms with van der Waals surface area (Å²) in [6, 6.07) is 9.59. The number of aromatic nitrogens is 2. The lowest BCUT2D eigenvalue weighted by atomic mass is 10.1. The Morgan fingerprint density at radius 2 is 1.80 bits per heavy atom. The van der Waals surface area contributed by atoms with Gasteiger partial charge in [-0.3, -0.25) is 9.13 Å². The molecule has 104 valence electrons. The van der Waals surface area contributed by atoms with Crippen molar-refractivity contribution in [1.29, 1.82) is 0 Å². The monoisotopic (exact) mass is 288 g/mol. The molecule has 0 aliphatic carbocycles. The van der Waals surface area contributed by atoms with Crippen molar-refractivity contribution in [2.24, 2.45) is 14.1 Å². The van der Waals surface area contributed by atoms with Gasteiger partial charge in [-0.2, -0.15) is 0 Å². The Morgan fingerprint density at radius 3 is 2.45 bits per heavy atom. The van der Waals surface area contributed by atoms with Crippen LogP contribution >= 0.6 is 11.3 Å². The van der Waals surface area contributed by atoms with Gasteiger partial charge in [0, 0.05) is 23.8 Å². The van der Waals surface area contributed by atoms with Crippen molar-refractivity contribution in [3.05, 3.63) is 56.1 Å². The molecule has 5 heteroatoms. The summed E-state index contributed by atoms with van der Waals surface area (Å²) in [6.07, 6.45) is -0.645. The summed E-state index contributed by atoms with van der Waals surface area (Å²) in [5.74, 6) is 0. The van der Waals surface area contributed by atoms with Gasteiger partial charge in [-0.25, -0.2) is 4.79 Å². The molecule has 0 amide bonds. The number of aliphatic hydroxyl groups is 1. The molecule has 0 aliphatic heterocycles. The van der Waals surface area contributed by atoms with Crippen LogP contribution in [-0.2, 0) is 14.1 Å². The minimum atomic E-state index is -0.645. The average Bonchev–Trinajstić information content (AvgIpc) is 2.97. The van der Waals surface area contributed by atoms with Gasteiger partial charge in [0.15, 0.2) is 0 Å². The van der Waals surface area contributed by atoms with Crippen molar-refractivity contribution >= 4 is 22.4 Å². The third-order valence-electron chi connectivity index (χ3n) is 3.64. The first-order valence-electron chi connectivity index (χ1n) is 6.39. The van der Waals surface area contributed by atoms with Gasteiger partial charge in [0.1, 0.15) is 6.10 Å². The zero-order chi connectivity index (χ0) is 14.4. The molecule has 1 unspecified atom stereocenters. The van der Waals surface area contributed by atoms with Gasteiger partial charge < -0.3 is 5.11 Å². The zero-order valence-electron chi connectivity index (χ0n) is 11.6. The van der Waals surface area contributed by atoms with Gasteiger partial charge in [-0.1, -0.05) is 6.07 Å². The minimum absolute atomic E-state index is 0.0568. The highest BCUT2D eigenvalue weighted by molar-refractivity contribution is 7.12. The van der Waals surface area contributed by atoms with Crippen LogP contribution in [0.2, 0.25) is 0 Å². The molecule has 1 N–H and O–H groups in total. The fourth-order valence-corrected chi connectivity index (χ4v) is 3.35. The van der Waals surface area contributed by atoms with Gasteiger partial charge in [0.05, 0.1) is 11.0 Å². The van der Waals surface area contributed by atoms with Crippen molar-refractivity contribution in [3.63, 3.8) is 0 Å². The van der Waals surface area contributed by atoms with Crippen LogP contribution in [0.1, 0.15) is 21.4 Å². The fourth-order valence-electron chi connectivity index (χ4n) is 2.46. The molecule has 0 bridgehead atoms. The van der Waals surface area contributed by atoms with E-state index < -0.39 is 6.10 Å². The second kappa shape index (κ2) is 4.61. The van der Waals surface area contributed by atoms with Crippen LogP contribution in [0.5, 0.6) is 0 Å². The van der Waals surface area contributed by atoms with Gasteiger partial charge in [-0.05, 0) is 36.8 Å². The summed E-state index contributed by atoms with van der Waals surface area (Å²) in [5, 5.41) is 10.4. The number of nitrogens with zero attached hydrogens (tertiary/aromatic N) is 2. The van der Waals surface area contributed by atoms with Crippen LogP contribution < -0.4 is 5.69 Å². The molecule has 0 saturated carbocycles. The molecule has 0 fully saturated rings. The van der Waals surface area contributed by atoms with E-state index in [-0.39, 0.29) is 5.69 Å². The Kier molecular flexibility index (Phi) is 3.03. The number of hydrogen-bond donors (Lipinski definition) is 1. The molecule has 3 aromatic rings. The third kappa shape index (κ3) is 1.90. The molecule has 3 rings (SSSR count). The highest BCUT2D eigenvalue weighted by atomic mass is 32.1. The standard InChI is InChI=1S/C15H16N2O2S/c1-9-4-7-13(20-9)14(18)10-5-6-11-12(8-10)17(3)15(19)16(11)2/h4-8,14,18H,1-3H3. The summed E-state index contributed by atoms with van der Waals surface area (Å²) in [5.41, 5.74) is 2.46. The topological polar surface area (TPSA) is 47.2 Å². The third-order valence-corrected chi connectivity index (χ3v) is 4.70. The Hall–Kier alpha value is -1.85. The SMILES string of the molecule is Cc1ccc(C(O)c2ccc3c(c2)n(C)c(=O)n3C)s1. The van der Waals surface area contributed by atoms with E-state index >= 15 is 0 Å². The van der Waals surface area contributed by atoms with E-state index in [0.717, 1.165) is 21.5 Å². The van der Waals surface area contributed by atoms with Gasteiger partial charge in [0.25, 0.3) is 0 Å². The van der Waals surface area contributed by atoms with Crippen LogP contribution in [0.3, 0.4) is 0 Å². The van der Waals surface area contributed by atoms with Crippen LogP contribution in [0.25, 0.3) is 11.0 Å². The van der Waals surface area contributed by atoms with Crippen molar-refractivity contribution in [1.82, 2.24) is 9.13 Å².